The van der Waals surface area contributed by atoms with E-state index in [1.807, 2.05) is 38.1 Å². The Balaban J connectivity index is 2.34. The van der Waals surface area contributed by atoms with Gasteiger partial charge in [0.25, 0.3) is 0 Å². The summed E-state index contributed by atoms with van der Waals surface area (Å²) < 4.78 is 5.58. The highest BCUT2D eigenvalue weighted by Gasteiger charge is 2.25. The number of carboxylic acids is 1. The standard InChI is InChI=1S/C16H25NO3/c1-12(2)20-14-7-5-13(6-8-14)11-17-10-9-16(3,4)15(18)19/h5-8,12,17H,9-11H2,1-4H3,(H,18,19). The van der Waals surface area contributed by atoms with Gasteiger partial charge in [-0.2, -0.15) is 0 Å². The molecule has 0 radical (unpaired) electrons. The number of benzene rings is 1. The summed E-state index contributed by atoms with van der Waals surface area (Å²) in [6.07, 6.45) is 0.786. The second-order valence-corrected chi connectivity index (χ2v) is 5.93. The van der Waals surface area contributed by atoms with E-state index in [-0.39, 0.29) is 6.10 Å². The Morgan fingerprint density at radius 3 is 2.40 bits per heavy atom. The molecule has 0 bridgehead atoms. The lowest BCUT2D eigenvalue weighted by Crippen LogP contribution is -2.28. The van der Waals surface area contributed by atoms with Crippen LogP contribution in [0, 0.1) is 5.41 Å². The molecule has 1 aromatic carbocycles. The average Bonchev–Trinajstić information content (AvgIpc) is 2.35. The largest absolute Gasteiger partial charge is 0.491 e. The summed E-state index contributed by atoms with van der Waals surface area (Å²) in [4.78, 5) is 11.0. The fourth-order valence-electron chi connectivity index (χ4n) is 1.70. The van der Waals surface area contributed by atoms with Crippen molar-refractivity contribution < 1.29 is 14.6 Å². The van der Waals surface area contributed by atoms with E-state index in [1.165, 1.54) is 0 Å². The van der Waals surface area contributed by atoms with Crippen LogP contribution in [0.1, 0.15) is 39.7 Å². The molecule has 2 N–H and O–H groups in total. The Labute approximate surface area is 121 Å². The molecular weight excluding hydrogens is 254 g/mol. The third-order valence-corrected chi connectivity index (χ3v) is 3.13. The SMILES string of the molecule is CC(C)Oc1ccc(CNCCC(C)(C)C(=O)O)cc1. The fourth-order valence-corrected chi connectivity index (χ4v) is 1.70. The van der Waals surface area contributed by atoms with Crippen molar-refractivity contribution in [2.45, 2.75) is 46.8 Å². The first-order chi connectivity index (χ1) is 9.31. The molecule has 4 heteroatoms. The Bertz CT molecular complexity index is 424. The summed E-state index contributed by atoms with van der Waals surface area (Å²) in [5.41, 5.74) is 0.483. The molecule has 1 aromatic rings. The quantitative estimate of drug-likeness (QED) is 0.718. The Kier molecular flexibility index (Phi) is 6.02. The number of carboxylic acid groups (broad SMARTS) is 1. The molecule has 0 heterocycles. The van der Waals surface area contributed by atoms with Crippen LogP contribution in [0.2, 0.25) is 0 Å². The number of nitrogens with one attached hydrogen (secondary N) is 1. The van der Waals surface area contributed by atoms with E-state index in [0.29, 0.717) is 13.0 Å². The van der Waals surface area contributed by atoms with E-state index >= 15 is 0 Å². The van der Waals surface area contributed by atoms with Crippen LogP contribution in [-0.4, -0.2) is 23.7 Å². The number of aliphatic carboxylic acids is 1. The van der Waals surface area contributed by atoms with E-state index in [2.05, 4.69) is 5.32 Å². The Morgan fingerprint density at radius 2 is 1.90 bits per heavy atom. The topological polar surface area (TPSA) is 58.6 Å². The van der Waals surface area contributed by atoms with Crippen LogP contribution in [0.5, 0.6) is 5.75 Å². The van der Waals surface area contributed by atoms with Gasteiger partial charge in [-0.15, -0.1) is 0 Å². The van der Waals surface area contributed by atoms with E-state index in [4.69, 9.17) is 9.84 Å². The van der Waals surface area contributed by atoms with Crippen LogP contribution < -0.4 is 10.1 Å². The molecule has 20 heavy (non-hydrogen) atoms. The van der Waals surface area contributed by atoms with Gasteiger partial charge in [-0.05, 0) is 58.4 Å². The number of rotatable bonds is 8. The first-order valence-corrected chi connectivity index (χ1v) is 7.01. The number of hydrogen-bond donors (Lipinski definition) is 2. The van der Waals surface area contributed by atoms with E-state index in [9.17, 15) is 4.79 Å². The van der Waals surface area contributed by atoms with Crippen molar-refractivity contribution in [1.29, 1.82) is 0 Å². The maximum atomic E-state index is 11.0. The summed E-state index contributed by atoms with van der Waals surface area (Å²) in [7, 11) is 0. The second-order valence-electron chi connectivity index (χ2n) is 5.93. The van der Waals surface area contributed by atoms with Crippen LogP contribution in [-0.2, 0) is 11.3 Å². The van der Waals surface area contributed by atoms with Crippen molar-refractivity contribution in [2.24, 2.45) is 5.41 Å². The smallest absolute Gasteiger partial charge is 0.309 e. The predicted octanol–water partition coefficient (Wildman–Crippen LogP) is 3.06. The summed E-state index contributed by atoms with van der Waals surface area (Å²) in [6, 6.07) is 7.95. The predicted molar refractivity (Wildman–Crippen MR) is 79.9 cm³/mol. The Hall–Kier alpha value is -1.55. The van der Waals surface area contributed by atoms with Crippen molar-refractivity contribution in [3.8, 4) is 5.75 Å². The lowest BCUT2D eigenvalue weighted by atomic mass is 9.90. The van der Waals surface area contributed by atoms with E-state index in [0.717, 1.165) is 17.9 Å². The summed E-state index contributed by atoms with van der Waals surface area (Å²) in [6.45, 7) is 8.91. The molecule has 0 aliphatic carbocycles. The maximum absolute atomic E-state index is 11.0. The summed E-state index contributed by atoms with van der Waals surface area (Å²) in [5, 5.41) is 12.3. The van der Waals surface area contributed by atoms with Crippen LogP contribution in [0.15, 0.2) is 24.3 Å². The molecule has 1 rings (SSSR count). The monoisotopic (exact) mass is 279 g/mol. The minimum Gasteiger partial charge on any atom is -0.491 e. The molecule has 0 amide bonds. The molecule has 0 fully saturated rings. The highest BCUT2D eigenvalue weighted by Crippen LogP contribution is 2.19. The minimum atomic E-state index is -0.755. The van der Waals surface area contributed by atoms with Crippen molar-refractivity contribution in [3.05, 3.63) is 29.8 Å². The van der Waals surface area contributed by atoms with Crippen LogP contribution in [0.25, 0.3) is 0 Å². The minimum absolute atomic E-state index is 0.178. The molecule has 0 spiro atoms. The van der Waals surface area contributed by atoms with Gasteiger partial charge < -0.3 is 15.2 Å². The lowest BCUT2D eigenvalue weighted by Gasteiger charge is -2.19. The molecule has 4 nitrogen and oxygen atoms in total. The summed E-state index contributed by atoms with van der Waals surface area (Å²) in [5.74, 6) is 0.116. The highest BCUT2D eigenvalue weighted by molar-refractivity contribution is 5.73. The molecule has 0 aliphatic rings. The van der Waals surface area contributed by atoms with Gasteiger partial charge in [-0.25, -0.2) is 0 Å². The maximum Gasteiger partial charge on any atom is 0.309 e. The van der Waals surface area contributed by atoms with E-state index in [1.54, 1.807) is 13.8 Å². The first kappa shape index (κ1) is 16.5. The third-order valence-electron chi connectivity index (χ3n) is 3.13. The van der Waals surface area contributed by atoms with Crippen LogP contribution in [0.3, 0.4) is 0 Å². The van der Waals surface area contributed by atoms with Gasteiger partial charge in [0.15, 0.2) is 0 Å². The number of ether oxygens (including phenoxy) is 1. The summed E-state index contributed by atoms with van der Waals surface area (Å²) >= 11 is 0. The van der Waals surface area contributed by atoms with Crippen LogP contribution in [0.4, 0.5) is 0 Å². The van der Waals surface area contributed by atoms with Gasteiger partial charge in [0.1, 0.15) is 5.75 Å². The van der Waals surface area contributed by atoms with Gasteiger partial charge in [-0.1, -0.05) is 12.1 Å². The molecule has 0 unspecified atom stereocenters. The molecule has 0 saturated heterocycles. The first-order valence-electron chi connectivity index (χ1n) is 7.01. The van der Waals surface area contributed by atoms with Gasteiger partial charge >= 0.3 is 5.97 Å². The van der Waals surface area contributed by atoms with Gasteiger partial charge in [0.2, 0.25) is 0 Å². The molecular formula is C16H25NO3. The fraction of sp³-hybridized carbons (Fsp3) is 0.562. The number of hydrogen-bond acceptors (Lipinski definition) is 3. The van der Waals surface area contributed by atoms with E-state index < -0.39 is 11.4 Å². The second kappa shape index (κ2) is 7.29. The normalized spacial score (nSPS) is 11.7. The zero-order valence-corrected chi connectivity index (χ0v) is 12.8. The highest BCUT2D eigenvalue weighted by atomic mass is 16.5. The van der Waals surface area contributed by atoms with Crippen molar-refractivity contribution in [3.63, 3.8) is 0 Å². The molecule has 112 valence electrons. The van der Waals surface area contributed by atoms with Crippen molar-refractivity contribution in [2.75, 3.05) is 6.54 Å². The van der Waals surface area contributed by atoms with Crippen molar-refractivity contribution in [1.82, 2.24) is 5.32 Å². The van der Waals surface area contributed by atoms with Crippen molar-refractivity contribution >= 4 is 5.97 Å². The zero-order chi connectivity index (χ0) is 15.2. The molecule has 0 aliphatic heterocycles. The average molecular weight is 279 g/mol. The van der Waals surface area contributed by atoms with Crippen LogP contribution >= 0.6 is 0 Å². The molecule has 0 aromatic heterocycles. The Morgan fingerprint density at radius 1 is 1.30 bits per heavy atom. The molecule has 0 saturated carbocycles. The van der Waals surface area contributed by atoms with Gasteiger partial charge in [0.05, 0.1) is 11.5 Å². The van der Waals surface area contributed by atoms with Gasteiger partial charge in [-0.3, -0.25) is 4.79 Å². The number of carbonyl (C=O) groups is 1. The molecule has 0 atom stereocenters. The third kappa shape index (κ3) is 5.61. The lowest BCUT2D eigenvalue weighted by molar-refractivity contribution is -0.147. The van der Waals surface area contributed by atoms with Gasteiger partial charge in [0, 0.05) is 6.54 Å². The zero-order valence-electron chi connectivity index (χ0n) is 12.8.